The molecule has 0 aromatic rings. The van der Waals surface area contributed by atoms with Crippen molar-refractivity contribution in [1.82, 2.24) is 60.0 Å². The zero-order valence-electron chi connectivity index (χ0n) is 64.9. The number of likely N-dealkylation sites (N-methyl/N-ethyl adjacent to an activating group) is 7. The van der Waals surface area contributed by atoms with Gasteiger partial charge in [-0.3, -0.25) is 57.5 Å². The van der Waals surface area contributed by atoms with Crippen LogP contribution < -0.4 is 16.0 Å². The summed E-state index contributed by atoms with van der Waals surface area (Å²) in [7, 11) is 9.94. The number of piperidine rings is 1. The van der Waals surface area contributed by atoms with Crippen molar-refractivity contribution in [3.05, 3.63) is 0 Å². The molecule has 3 heterocycles. The Balaban J connectivity index is 1.31. The van der Waals surface area contributed by atoms with Crippen molar-refractivity contribution in [2.24, 2.45) is 41.4 Å². The van der Waals surface area contributed by atoms with Crippen molar-refractivity contribution in [3.63, 3.8) is 0 Å². The molecule has 3 N–H and O–H groups in total. The number of nitrogens with zero attached hydrogens (tertiary/aromatic N) is 9. The molecule has 3 unspecified atom stereocenters. The maximum absolute atomic E-state index is 15.8. The molecule has 4 saturated carbocycles. The Kier molecular flexibility index (Phi) is 30.8. The van der Waals surface area contributed by atoms with Crippen molar-refractivity contribution >= 4 is 82.5 Å². The van der Waals surface area contributed by atoms with Crippen LogP contribution in [0.4, 0.5) is 17.6 Å². The van der Waals surface area contributed by atoms with E-state index in [0.717, 1.165) is 41.9 Å². The predicted molar refractivity (Wildman–Crippen MR) is 389 cm³/mol. The van der Waals surface area contributed by atoms with Gasteiger partial charge in [0.05, 0.1) is 18.9 Å². The van der Waals surface area contributed by atoms with Crippen LogP contribution >= 0.6 is 11.6 Å². The van der Waals surface area contributed by atoms with Crippen LogP contribution in [0.15, 0.2) is 0 Å². The van der Waals surface area contributed by atoms with Gasteiger partial charge in [0.2, 0.25) is 70.9 Å². The summed E-state index contributed by atoms with van der Waals surface area (Å²) in [6.45, 7) is 12.5. The van der Waals surface area contributed by atoms with Crippen molar-refractivity contribution in [2.75, 3.05) is 75.5 Å². The van der Waals surface area contributed by atoms with E-state index in [1.165, 1.54) is 92.6 Å². The van der Waals surface area contributed by atoms with Gasteiger partial charge in [-0.05, 0) is 159 Å². The van der Waals surface area contributed by atoms with Gasteiger partial charge in [-0.15, -0.1) is 11.6 Å². The highest BCUT2D eigenvalue weighted by molar-refractivity contribution is 6.21. The van der Waals surface area contributed by atoms with Crippen LogP contribution in [0.5, 0.6) is 0 Å². The lowest BCUT2D eigenvalue weighted by atomic mass is 9.78. The quantitative estimate of drug-likeness (QED) is 0.127. The molecule has 0 aromatic heterocycles. The van der Waals surface area contributed by atoms with E-state index in [0.29, 0.717) is 70.4 Å². The summed E-state index contributed by atoms with van der Waals surface area (Å²) in [6, 6.07) is -11.3. The number of carbonyl (C=O) groups is 12. The van der Waals surface area contributed by atoms with Crippen LogP contribution in [0.3, 0.4) is 0 Å². The second-order valence-electron chi connectivity index (χ2n) is 32.5. The van der Waals surface area contributed by atoms with Crippen LogP contribution in [0.2, 0.25) is 0 Å². The monoisotopic (exact) mass is 1510 g/mol. The highest BCUT2D eigenvalue weighted by Crippen LogP contribution is 2.44. The summed E-state index contributed by atoms with van der Waals surface area (Å²) in [5.74, 6) is -11.0. The molecule has 4 aliphatic carbocycles. The Morgan fingerprint density at radius 3 is 1.70 bits per heavy atom. The van der Waals surface area contributed by atoms with E-state index in [1.807, 2.05) is 13.8 Å². The second kappa shape index (κ2) is 37.7. The summed E-state index contributed by atoms with van der Waals surface area (Å²) in [6.07, 6.45) is 2.58. The van der Waals surface area contributed by atoms with Crippen LogP contribution in [-0.4, -0.2) is 268 Å². The summed E-state index contributed by atoms with van der Waals surface area (Å²) in [5, 5.41) is 7.52. The van der Waals surface area contributed by atoms with Gasteiger partial charge in [0, 0.05) is 74.3 Å². The van der Waals surface area contributed by atoms with Gasteiger partial charge in [-0.25, -0.2) is 4.39 Å². The first-order valence-corrected chi connectivity index (χ1v) is 39.5. The highest BCUT2D eigenvalue weighted by atomic mass is 35.5. The van der Waals surface area contributed by atoms with Crippen LogP contribution in [-0.2, 0) is 57.5 Å². The van der Waals surface area contributed by atoms with Gasteiger partial charge in [-0.2, -0.15) is 13.2 Å². The van der Waals surface area contributed by atoms with Crippen molar-refractivity contribution < 1.29 is 75.1 Å². The number of alkyl halides is 5. The van der Waals surface area contributed by atoms with Crippen molar-refractivity contribution in [2.45, 2.75) is 293 Å². The first-order chi connectivity index (χ1) is 49.4. The molecular formula is C76H123ClF4N12O12. The third kappa shape index (κ3) is 20.9. The molecule has 14 atom stereocenters. The third-order valence-electron chi connectivity index (χ3n) is 25.3. The molecule has 105 heavy (non-hydrogen) atoms. The Morgan fingerprint density at radius 1 is 0.571 bits per heavy atom. The molecule has 1 spiro atoms. The average Bonchev–Trinajstić information content (AvgIpc) is 1.74. The lowest BCUT2D eigenvalue weighted by Crippen LogP contribution is -2.65. The SMILES string of the molecule is CC[C@H](C)[C@@H]1NC(=O)[C@H](C)N(C)C(=O)C[C@@H](C(=O)N2CCCCC2)N(C)C(=O)[C@H]([C@@H](C)CC)N(C)C(=O)C2(CCCC2)NC(=O)[C@H](CC2CCC(F)CC2)N(C)C(=O)[C@H](CCC2CCC(C(F)(F)F)C(Cl)C2)NC(=O)CN(C)C(=O)[C@H](CC2CCC(C)CC2)N(C)C(=O)[C@@H]2CCN2C(=O)[C@H](C)N(C)C1=O. The zero-order valence-corrected chi connectivity index (χ0v) is 65.7. The second-order valence-corrected chi connectivity index (χ2v) is 33.0. The van der Waals surface area contributed by atoms with Gasteiger partial charge in [0.15, 0.2) is 0 Å². The lowest BCUT2D eigenvalue weighted by molar-refractivity contribution is -0.182. The number of likely N-dealkylation sites (tertiary alicyclic amines) is 1. The minimum Gasteiger partial charge on any atom is -0.343 e. The number of fused-ring (bicyclic) bond motifs is 1. The van der Waals surface area contributed by atoms with E-state index in [1.54, 1.807) is 18.7 Å². The van der Waals surface area contributed by atoms with E-state index >= 15 is 24.0 Å². The summed E-state index contributed by atoms with van der Waals surface area (Å²) in [4.78, 5) is 193. The number of hydrogen-bond donors (Lipinski definition) is 3. The molecule has 7 fully saturated rings. The molecule has 0 bridgehead atoms. The van der Waals surface area contributed by atoms with Crippen LogP contribution in [0.25, 0.3) is 0 Å². The highest BCUT2D eigenvalue weighted by Gasteiger charge is 2.52. The molecule has 7 rings (SSSR count). The number of nitrogens with one attached hydrogen (secondary N) is 3. The number of hydrogen-bond acceptors (Lipinski definition) is 12. The maximum Gasteiger partial charge on any atom is 0.393 e. The van der Waals surface area contributed by atoms with Crippen molar-refractivity contribution in [3.8, 4) is 0 Å². The molecule has 3 saturated heterocycles. The van der Waals surface area contributed by atoms with Crippen LogP contribution in [0, 0.1) is 41.4 Å². The number of rotatable bonds is 12. The van der Waals surface area contributed by atoms with Crippen molar-refractivity contribution in [1.29, 1.82) is 0 Å². The molecular weight excluding hydrogens is 1380 g/mol. The van der Waals surface area contributed by atoms with Gasteiger partial charge in [0.1, 0.15) is 66.1 Å². The topological polar surface area (TPSA) is 270 Å². The van der Waals surface area contributed by atoms with E-state index < -0.39 is 185 Å². The summed E-state index contributed by atoms with van der Waals surface area (Å²) >= 11 is 6.46. The summed E-state index contributed by atoms with van der Waals surface area (Å²) in [5.41, 5.74) is -1.66. The average molecular weight is 1510 g/mol. The molecule has 3 aliphatic heterocycles. The predicted octanol–water partition coefficient (Wildman–Crippen LogP) is 7.46. The Bertz CT molecular complexity index is 3070. The van der Waals surface area contributed by atoms with E-state index in [2.05, 4.69) is 22.9 Å². The largest absolute Gasteiger partial charge is 0.393 e. The van der Waals surface area contributed by atoms with Gasteiger partial charge < -0.3 is 60.0 Å². The Hall–Kier alpha value is -6.35. The fraction of sp³-hybridized carbons (Fsp3) is 0.842. The van der Waals surface area contributed by atoms with Gasteiger partial charge in [0.25, 0.3) is 0 Å². The summed E-state index contributed by atoms with van der Waals surface area (Å²) < 4.78 is 57.3. The van der Waals surface area contributed by atoms with Gasteiger partial charge in [-0.1, -0.05) is 86.0 Å². The molecule has 24 nitrogen and oxygen atoms in total. The molecule has 29 heteroatoms. The molecule has 12 amide bonds. The lowest BCUT2D eigenvalue weighted by Gasteiger charge is -2.45. The Morgan fingerprint density at radius 2 is 1.14 bits per heavy atom. The molecule has 7 aliphatic rings. The number of carbonyl (C=O) groups excluding carboxylic acids is 12. The number of halogens is 5. The molecule has 594 valence electrons. The molecule has 0 aromatic carbocycles. The fourth-order valence-corrected chi connectivity index (χ4v) is 17.6. The smallest absolute Gasteiger partial charge is 0.343 e. The van der Waals surface area contributed by atoms with E-state index in [-0.39, 0.29) is 95.4 Å². The van der Waals surface area contributed by atoms with Gasteiger partial charge >= 0.3 is 6.18 Å². The maximum atomic E-state index is 15.8. The minimum absolute atomic E-state index is 0.00334. The number of amides is 12. The fourth-order valence-electron chi connectivity index (χ4n) is 17.1. The minimum atomic E-state index is -4.54. The van der Waals surface area contributed by atoms with E-state index in [9.17, 15) is 51.1 Å². The third-order valence-corrected chi connectivity index (χ3v) is 25.8. The standard InChI is InChI=1S/C76H123ClF4N12O12/c1-15-46(4)63-72(103)87(10)49(7)67(98)93-39-34-57(93)70(101)89(12)59(42-51-24-22-45(3)23-25-51)69(100)85(8)44-61(94)82-56(33-29-50-28-32-54(55(77)40-50)76(79,80)81)68(99)88(11)58(41-52-26-30-53(78)31-27-52)66(97)84-75(35-18-19-36-75)74(105)91(14)64(47(5)16-2)73(104)90(13)60(71(102)92-37-20-17-21-38-92)43-62(95)86(9)48(6)65(96)83-63/h45-60,63-64H,15-44H2,1-14H3,(H,82,94)(H,83,96)(H,84,97)/t45?,46-,47-,48-,49-,50?,51?,52?,53?,54?,55?,56-,57-,58-,59-,60-,63-,64-/m0/s1. The first-order valence-electron chi connectivity index (χ1n) is 39.1. The molecule has 0 radical (unpaired) electrons. The first kappa shape index (κ1) is 85.9. The Labute approximate surface area is 624 Å². The van der Waals surface area contributed by atoms with E-state index in [4.69, 9.17) is 11.6 Å². The zero-order chi connectivity index (χ0) is 77.9. The normalized spacial score (nSPS) is 33.3. The van der Waals surface area contributed by atoms with Crippen LogP contribution in [0.1, 0.15) is 215 Å².